The quantitative estimate of drug-likeness (QED) is 0.838. The number of rotatable bonds is 7. The molecule has 0 bridgehead atoms. The molecule has 2 rings (SSSR count). The number of hydrogen-bond acceptors (Lipinski definition) is 5. The summed E-state index contributed by atoms with van der Waals surface area (Å²) in [7, 11) is 0. The van der Waals surface area contributed by atoms with E-state index in [1.165, 1.54) is 19.3 Å². The van der Waals surface area contributed by atoms with Gasteiger partial charge in [-0.1, -0.05) is 19.0 Å². The number of aromatic nitrogens is 2. The van der Waals surface area contributed by atoms with Gasteiger partial charge in [-0.2, -0.15) is 4.98 Å². The van der Waals surface area contributed by atoms with Crippen LogP contribution in [0.1, 0.15) is 51.2 Å². The lowest BCUT2D eigenvalue weighted by Crippen LogP contribution is -2.43. The van der Waals surface area contributed by atoms with E-state index in [-0.39, 0.29) is 12.4 Å². The van der Waals surface area contributed by atoms with Gasteiger partial charge in [0.15, 0.2) is 5.82 Å². The van der Waals surface area contributed by atoms with E-state index in [0.29, 0.717) is 6.04 Å². The topological polar surface area (TPSA) is 54.2 Å². The molecule has 1 aliphatic rings. The molecule has 0 atom stereocenters. The van der Waals surface area contributed by atoms with Crippen LogP contribution < -0.4 is 5.32 Å². The van der Waals surface area contributed by atoms with Crippen LogP contribution in [0.15, 0.2) is 4.52 Å². The standard InChI is InChI=1S/C14H26N4O.ClH/c1-3-5-14-16-13(17-19-14)11-18(10-4-2)12-6-8-15-9-7-12;/h12,15H,3-11H2,1-2H3;1H. The summed E-state index contributed by atoms with van der Waals surface area (Å²) >= 11 is 0. The molecule has 1 aromatic rings. The second kappa shape index (κ2) is 9.32. The molecule has 1 aromatic heterocycles. The molecule has 6 heteroatoms. The molecule has 5 nitrogen and oxygen atoms in total. The van der Waals surface area contributed by atoms with Gasteiger partial charge in [0.25, 0.3) is 0 Å². The average molecular weight is 303 g/mol. The highest BCUT2D eigenvalue weighted by atomic mass is 35.5. The number of hydrogen-bond donors (Lipinski definition) is 1. The van der Waals surface area contributed by atoms with Crippen molar-refractivity contribution in [3.05, 3.63) is 11.7 Å². The summed E-state index contributed by atoms with van der Waals surface area (Å²) in [5, 5.41) is 7.53. The van der Waals surface area contributed by atoms with Gasteiger partial charge < -0.3 is 9.84 Å². The second-order valence-electron chi connectivity index (χ2n) is 5.31. The van der Waals surface area contributed by atoms with Crippen LogP contribution in [0.3, 0.4) is 0 Å². The summed E-state index contributed by atoms with van der Waals surface area (Å²) in [6.45, 7) is 8.54. The van der Waals surface area contributed by atoms with Gasteiger partial charge in [0.1, 0.15) is 0 Å². The maximum Gasteiger partial charge on any atom is 0.226 e. The Labute approximate surface area is 127 Å². The van der Waals surface area contributed by atoms with Gasteiger partial charge in [-0.25, -0.2) is 0 Å². The van der Waals surface area contributed by atoms with E-state index in [9.17, 15) is 0 Å². The minimum Gasteiger partial charge on any atom is -0.339 e. The monoisotopic (exact) mass is 302 g/mol. The molecule has 1 fully saturated rings. The maximum absolute atomic E-state index is 5.27. The van der Waals surface area contributed by atoms with Crippen molar-refractivity contribution in [1.29, 1.82) is 0 Å². The molecule has 0 spiro atoms. The van der Waals surface area contributed by atoms with Gasteiger partial charge in [-0.3, -0.25) is 4.90 Å². The first kappa shape index (κ1) is 17.4. The van der Waals surface area contributed by atoms with E-state index in [1.54, 1.807) is 0 Å². The molecule has 0 radical (unpaired) electrons. The predicted molar refractivity (Wildman–Crippen MR) is 82.1 cm³/mol. The molecule has 2 heterocycles. The van der Waals surface area contributed by atoms with Crippen LogP contribution in [-0.4, -0.2) is 40.7 Å². The molecule has 116 valence electrons. The van der Waals surface area contributed by atoms with E-state index in [0.717, 1.165) is 50.7 Å². The second-order valence-corrected chi connectivity index (χ2v) is 5.31. The Kier molecular flexibility index (Phi) is 8.11. The smallest absolute Gasteiger partial charge is 0.226 e. The Bertz CT molecular complexity index is 366. The summed E-state index contributed by atoms with van der Waals surface area (Å²) in [6.07, 6.45) is 5.55. The van der Waals surface area contributed by atoms with Crippen LogP contribution in [0.5, 0.6) is 0 Å². The highest BCUT2D eigenvalue weighted by molar-refractivity contribution is 5.85. The van der Waals surface area contributed by atoms with Crippen molar-refractivity contribution in [2.75, 3.05) is 19.6 Å². The number of aryl methyl sites for hydroxylation is 1. The molecule has 0 aromatic carbocycles. The average Bonchev–Trinajstić information content (AvgIpc) is 2.87. The molecule has 0 saturated carbocycles. The minimum absolute atomic E-state index is 0. The normalized spacial score (nSPS) is 16.4. The summed E-state index contributed by atoms with van der Waals surface area (Å²) in [4.78, 5) is 7.00. The van der Waals surface area contributed by atoms with E-state index in [1.807, 2.05) is 0 Å². The van der Waals surface area contributed by atoms with Crippen molar-refractivity contribution in [2.24, 2.45) is 0 Å². The summed E-state index contributed by atoms with van der Waals surface area (Å²) < 4.78 is 5.27. The van der Waals surface area contributed by atoms with Crippen LogP contribution in [0.25, 0.3) is 0 Å². The summed E-state index contributed by atoms with van der Waals surface area (Å²) in [5.41, 5.74) is 0. The molecule has 0 aliphatic carbocycles. The lowest BCUT2D eigenvalue weighted by molar-refractivity contribution is 0.149. The lowest BCUT2D eigenvalue weighted by Gasteiger charge is -2.33. The fraction of sp³-hybridized carbons (Fsp3) is 0.857. The number of nitrogens with zero attached hydrogens (tertiary/aromatic N) is 3. The van der Waals surface area contributed by atoms with Crippen molar-refractivity contribution in [3.63, 3.8) is 0 Å². The van der Waals surface area contributed by atoms with E-state index < -0.39 is 0 Å². The minimum atomic E-state index is 0. The first-order valence-electron chi connectivity index (χ1n) is 7.59. The van der Waals surface area contributed by atoms with Gasteiger partial charge in [-0.05, 0) is 45.3 Å². The first-order chi connectivity index (χ1) is 9.33. The molecule has 0 unspecified atom stereocenters. The zero-order valence-electron chi connectivity index (χ0n) is 12.6. The predicted octanol–water partition coefficient (Wildman–Crippen LogP) is 2.41. The number of piperidine rings is 1. The molecule has 20 heavy (non-hydrogen) atoms. The third kappa shape index (κ3) is 5.04. The van der Waals surface area contributed by atoms with E-state index >= 15 is 0 Å². The van der Waals surface area contributed by atoms with Gasteiger partial charge in [-0.15, -0.1) is 12.4 Å². The van der Waals surface area contributed by atoms with Crippen molar-refractivity contribution < 1.29 is 4.52 Å². The van der Waals surface area contributed by atoms with Crippen molar-refractivity contribution in [2.45, 2.75) is 58.5 Å². The van der Waals surface area contributed by atoms with Crippen LogP contribution >= 0.6 is 12.4 Å². The van der Waals surface area contributed by atoms with Crippen LogP contribution in [0, 0.1) is 0 Å². The highest BCUT2D eigenvalue weighted by Gasteiger charge is 2.22. The van der Waals surface area contributed by atoms with Gasteiger partial charge in [0.2, 0.25) is 5.89 Å². The van der Waals surface area contributed by atoms with Crippen LogP contribution in [0.2, 0.25) is 0 Å². The van der Waals surface area contributed by atoms with Crippen LogP contribution in [0.4, 0.5) is 0 Å². The molecular weight excluding hydrogens is 276 g/mol. The Morgan fingerprint density at radius 1 is 1.25 bits per heavy atom. The maximum atomic E-state index is 5.27. The van der Waals surface area contributed by atoms with E-state index in [4.69, 9.17) is 4.52 Å². The Hall–Kier alpha value is -0.650. The highest BCUT2D eigenvalue weighted by Crippen LogP contribution is 2.15. The molecule has 1 saturated heterocycles. The Balaban J connectivity index is 0.00000200. The van der Waals surface area contributed by atoms with Gasteiger partial charge >= 0.3 is 0 Å². The largest absolute Gasteiger partial charge is 0.339 e. The third-order valence-electron chi connectivity index (χ3n) is 3.65. The molecule has 1 N–H and O–H groups in total. The number of halogens is 1. The third-order valence-corrected chi connectivity index (χ3v) is 3.65. The zero-order chi connectivity index (χ0) is 13.5. The lowest BCUT2D eigenvalue weighted by atomic mass is 10.0. The Morgan fingerprint density at radius 3 is 2.65 bits per heavy atom. The zero-order valence-corrected chi connectivity index (χ0v) is 13.4. The van der Waals surface area contributed by atoms with Crippen molar-refractivity contribution in [3.8, 4) is 0 Å². The molecule has 0 amide bonds. The van der Waals surface area contributed by atoms with E-state index in [2.05, 4.69) is 34.2 Å². The number of nitrogens with one attached hydrogen (secondary N) is 1. The Morgan fingerprint density at radius 2 is 2.00 bits per heavy atom. The summed E-state index contributed by atoms with van der Waals surface area (Å²) in [5.74, 6) is 1.62. The fourth-order valence-corrected chi connectivity index (χ4v) is 2.70. The SMILES string of the molecule is CCCc1nc(CN(CCC)C2CCNCC2)no1.Cl. The van der Waals surface area contributed by atoms with Gasteiger partial charge in [0.05, 0.1) is 6.54 Å². The molecule has 1 aliphatic heterocycles. The van der Waals surface area contributed by atoms with Gasteiger partial charge in [0, 0.05) is 12.5 Å². The fourth-order valence-electron chi connectivity index (χ4n) is 2.70. The van der Waals surface area contributed by atoms with Crippen molar-refractivity contribution >= 4 is 12.4 Å². The summed E-state index contributed by atoms with van der Waals surface area (Å²) in [6, 6.07) is 0.661. The van der Waals surface area contributed by atoms with Crippen molar-refractivity contribution in [1.82, 2.24) is 20.4 Å². The van der Waals surface area contributed by atoms with Crippen LogP contribution in [-0.2, 0) is 13.0 Å². The first-order valence-corrected chi connectivity index (χ1v) is 7.59. The molecular formula is C14H27ClN4O.